The number of hydrogen-bond donors (Lipinski definition) is 0. The van der Waals surface area contributed by atoms with Crippen LogP contribution in [0.15, 0.2) is 0 Å². The van der Waals surface area contributed by atoms with Gasteiger partial charge in [0.1, 0.15) is 13.2 Å². The molecular formula is C7H18FNO. The minimum atomic E-state index is 0. The van der Waals surface area contributed by atoms with Crippen LogP contribution in [0.1, 0.15) is 20.3 Å². The molecule has 10 heavy (non-hydrogen) atoms. The van der Waals surface area contributed by atoms with E-state index in [1.807, 2.05) is 6.92 Å². The van der Waals surface area contributed by atoms with E-state index in [2.05, 4.69) is 21.0 Å². The average Bonchev–Trinajstić information content (AvgIpc) is 1.64. The third kappa shape index (κ3) is 5.98. The molecule has 2 nitrogen and oxygen atoms in total. The summed E-state index contributed by atoms with van der Waals surface area (Å²) in [7, 11) is 4.15. The second-order valence-electron chi connectivity index (χ2n) is 2.72. The van der Waals surface area contributed by atoms with Crippen molar-refractivity contribution in [2.45, 2.75) is 20.3 Å². The largest absolute Gasteiger partial charge is 1.00 e. The number of hydroxylamine groups is 3. The van der Waals surface area contributed by atoms with E-state index >= 15 is 0 Å². The molecule has 0 aromatic carbocycles. The molecule has 0 saturated heterocycles. The summed E-state index contributed by atoms with van der Waals surface area (Å²) < 4.78 is 0.688. The minimum absolute atomic E-state index is 0. The Morgan fingerprint density at radius 3 is 2.00 bits per heavy atom. The van der Waals surface area contributed by atoms with Crippen LogP contribution in [-0.4, -0.2) is 31.9 Å². The van der Waals surface area contributed by atoms with Crippen molar-refractivity contribution in [2.75, 3.05) is 27.2 Å². The van der Waals surface area contributed by atoms with Gasteiger partial charge in [-0.05, 0) is 13.3 Å². The van der Waals surface area contributed by atoms with Gasteiger partial charge in [-0.25, -0.2) is 4.84 Å². The second-order valence-corrected chi connectivity index (χ2v) is 2.72. The van der Waals surface area contributed by atoms with Crippen LogP contribution in [-0.2, 0) is 4.84 Å². The molecule has 0 aromatic rings. The smallest absolute Gasteiger partial charge is 0.108 e. The first-order chi connectivity index (χ1) is 4.12. The molecule has 0 fully saturated rings. The first-order valence-electron chi connectivity index (χ1n) is 3.60. The van der Waals surface area contributed by atoms with Gasteiger partial charge in [0, 0.05) is 0 Å². The maximum atomic E-state index is 5.41. The monoisotopic (exact) mass is 151 g/mol. The lowest BCUT2D eigenvalue weighted by Crippen LogP contribution is -3.00. The fourth-order valence-corrected chi connectivity index (χ4v) is 0.953. The summed E-state index contributed by atoms with van der Waals surface area (Å²) in [6.45, 7) is 6.08. The van der Waals surface area contributed by atoms with Crippen molar-refractivity contribution in [1.82, 2.24) is 0 Å². The van der Waals surface area contributed by atoms with Crippen molar-refractivity contribution in [3.63, 3.8) is 0 Å². The molecule has 3 heteroatoms. The topological polar surface area (TPSA) is 9.23 Å². The van der Waals surface area contributed by atoms with Gasteiger partial charge in [-0.15, -0.1) is 0 Å². The van der Waals surface area contributed by atoms with E-state index in [0.29, 0.717) is 4.65 Å². The van der Waals surface area contributed by atoms with Gasteiger partial charge in [-0.3, -0.25) is 0 Å². The molecule has 0 aliphatic heterocycles. The molecule has 64 valence electrons. The minimum Gasteiger partial charge on any atom is -1.00 e. The summed E-state index contributed by atoms with van der Waals surface area (Å²) >= 11 is 0. The zero-order chi connectivity index (χ0) is 7.33. The molecule has 0 aromatic heterocycles. The lowest BCUT2D eigenvalue weighted by Gasteiger charge is -2.25. The molecule has 0 heterocycles. The van der Waals surface area contributed by atoms with Crippen molar-refractivity contribution in [1.29, 1.82) is 0 Å². The number of quaternary nitrogens is 1. The average molecular weight is 151 g/mol. The second kappa shape index (κ2) is 5.62. The van der Waals surface area contributed by atoms with E-state index in [0.717, 1.165) is 13.2 Å². The molecule has 0 aliphatic rings. The number of hydrogen-bond acceptors (Lipinski definition) is 1. The van der Waals surface area contributed by atoms with Crippen LogP contribution >= 0.6 is 0 Å². The third-order valence-electron chi connectivity index (χ3n) is 1.24. The van der Waals surface area contributed by atoms with Crippen molar-refractivity contribution < 1.29 is 14.2 Å². The van der Waals surface area contributed by atoms with Crippen molar-refractivity contribution in [2.24, 2.45) is 0 Å². The van der Waals surface area contributed by atoms with Gasteiger partial charge in [0.15, 0.2) is 0 Å². The highest BCUT2D eigenvalue weighted by molar-refractivity contribution is 4.18. The molecule has 0 amide bonds. The zero-order valence-electron chi connectivity index (χ0n) is 7.35. The highest BCUT2D eigenvalue weighted by Crippen LogP contribution is 1.98. The predicted octanol–water partition coefficient (Wildman–Crippen LogP) is -1.57. The molecule has 0 bridgehead atoms. The van der Waals surface area contributed by atoms with Gasteiger partial charge < -0.3 is 4.70 Å². The predicted molar refractivity (Wildman–Crippen MR) is 38.9 cm³/mol. The number of halogens is 1. The first kappa shape index (κ1) is 12.5. The number of rotatable bonds is 4. The van der Waals surface area contributed by atoms with E-state index in [1.165, 1.54) is 6.42 Å². The Morgan fingerprint density at radius 2 is 1.70 bits per heavy atom. The van der Waals surface area contributed by atoms with Crippen LogP contribution in [0.4, 0.5) is 0 Å². The van der Waals surface area contributed by atoms with Gasteiger partial charge in [-0.2, -0.15) is 4.65 Å². The van der Waals surface area contributed by atoms with Gasteiger partial charge in [0.05, 0.1) is 14.1 Å². The quantitative estimate of drug-likeness (QED) is 0.348. The lowest BCUT2D eigenvalue weighted by molar-refractivity contribution is -1.08. The van der Waals surface area contributed by atoms with E-state index in [1.54, 1.807) is 0 Å². The van der Waals surface area contributed by atoms with Crippen molar-refractivity contribution in [3.05, 3.63) is 0 Å². The first-order valence-corrected chi connectivity index (χ1v) is 3.60. The molecule has 0 unspecified atom stereocenters. The zero-order valence-corrected chi connectivity index (χ0v) is 7.35. The molecule has 0 atom stereocenters. The maximum Gasteiger partial charge on any atom is 0.108 e. The van der Waals surface area contributed by atoms with Crippen LogP contribution in [0, 0.1) is 0 Å². The van der Waals surface area contributed by atoms with Gasteiger partial charge in [0.25, 0.3) is 0 Å². The molecule has 0 N–H and O–H groups in total. The van der Waals surface area contributed by atoms with E-state index in [4.69, 9.17) is 4.84 Å². The summed E-state index contributed by atoms with van der Waals surface area (Å²) in [5, 5.41) is 0. The Kier molecular flexibility index (Phi) is 7.04. The summed E-state index contributed by atoms with van der Waals surface area (Å²) in [6, 6.07) is 0. The Labute approximate surface area is 62.7 Å². The van der Waals surface area contributed by atoms with E-state index in [9.17, 15) is 0 Å². The lowest BCUT2D eigenvalue weighted by atomic mass is 10.4. The van der Waals surface area contributed by atoms with E-state index < -0.39 is 0 Å². The number of nitrogens with zero attached hydrogens (tertiary/aromatic N) is 1. The molecule has 0 aliphatic carbocycles. The SMILES string of the molecule is CCC[N+](C)(C)OCC.[F-]. The van der Waals surface area contributed by atoms with Gasteiger partial charge >= 0.3 is 0 Å². The molecule has 0 radical (unpaired) electrons. The summed E-state index contributed by atoms with van der Waals surface area (Å²) in [4.78, 5) is 5.41. The normalized spacial score (nSPS) is 10.8. The Hall–Kier alpha value is -0.150. The third-order valence-corrected chi connectivity index (χ3v) is 1.24. The highest BCUT2D eigenvalue weighted by atomic mass is 19.0. The fraction of sp³-hybridized carbons (Fsp3) is 1.00. The Balaban J connectivity index is 0. The van der Waals surface area contributed by atoms with Crippen LogP contribution in [0.25, 0.3) is 0 Å². The van der Waals surface area contributed by atoms with Crippen molar-refractivity contribution in [3.8, 4) is 0 Å². The molecular weight excluding hydrogens is 133 g/mol. The Bertz CT molecular complexity index is 68.0. The van der Waals surface area contributed by atoms with Crippen LogP contribution in [0.3, 0.4) is 0 Å². The standard InChI is InChI=1S/C7H18NO.FH/c1-5-7-8(3,4)9-6-2;/h5-7H2,1-4H3;1H/q+1;/p-1. The highest BCUT2D eigenvalue weighted by Gasteiger charge is 2.12. The van der Waals surface area contributed by atoms with Crippen LogP contribution in [0.5, 0.6) is 0 Å². The van der Waals surface area contributed by atoms with Crippen LogP contribution in [0.2, 0.25) is 0 Å². The molecule has 0 rings (SSSR count). The summed E-state index contributed by atoms with van der Waals surface area (Å²) in [5.74, 6) is 0. The van der Waals surface area contributed by atoms with E-state index in [-0.39, 0.29) is 4.70 Å². The van der Waals surface area contributed by atoms with Gasteiger partial charge in [-0.1, -0.05) is 6.92 Å². The van der Waals surface area contributed by atoms with Crippen molar-refractivity contribution >= 4 is 0 Å². The Morgan fingerprint density at radius 1 is 1.20 bits per heavy atom. The molecule has 0 spiro atoms. The summed E-state index contributed by atoms with van der Waals surface area (Å²) in [6.07, 6.45) is 1.17. The molecule has 0 saturated carbocycles. The maximum absolute atomic E-state index is 5.41. The van der Waals surface area contributed by atoms with Gasteiger partial charge in [0.2, 0.25) is 0 Å². The summed E-state index contributed by atoms with van der Waals surface area (Å²) in [5.41, 5.74) is 0. The van der Waals surface area contributed by atoms with Crippen LogP contribution < -0.4 is 4.70 Å². The fourth-order valence-electron chi connectivity index (χ4n) is 0.953.